The van der Waals surface area contributed by atoms with Gasteiger partial charge in [-0.15, -0.1) is 11.6 Å². The van der Waals surface area contributed by atoms with Crippen LogP contribution in [0.4, 0.5) is 0 Å². The smallest absolute Gasteiger partial charge is 0.266 e. The van der Waals surface area contributed by atoms with Crippen molar-refractivity contribution in [2.75, 3.05) is 19.5 Å². The van der Waals surface area contributed by atoms with E-state index in [2.05, 4.69) is 0 Å². The molecular formula is C24H28ClN3O3. The molecule has 1 aromatic heterocycles. The molecule has 0 saturated heterocycles. The van der Waals surface area contributed by atoms with Gasteiger partial charge in [0.25, 0.3) is 5.56 Å². The van der Waals surface area contributed by atoms with Crippen molar-refractivity contribution in [1.29, 1.82) is 0 Å². The van der Waals surface area contributed by atoms with E-state index in [1.54, 1.807) is 34.8 Å². The summed E-state index contributed by atoms with van der Waals surface area (Å²) in [5, 5.41) is 0.518. The maximum Gasteiger partial charge on any atom is 0.266 e. The molecule has 7 heteroatoms. The first-order valence-electron chi connectivity index (χ1n) is 10.3. The average Bonchev–Trinajstić information content (AvgIpc) is 2.79. The number of carbonyl (C=O) groups excluding carboxylic acids is 1. The zero-order valence-corrected chi connectivity index (χ0v) is 19.3. The monoisotopic (exact) mass is 441 g/mol. The standard InChI is InChI=1S/C24H28ClN3O3/c1-6-27(23(30)24(3,4)15-25)16(2)21-26-20-10-8-7-9-19(20)22(29)28(21)17-11-13-18(31-5)14-12-17/h7-14,16H,6,15H2,1-5H3. The minimum Gasteiger partial charge on any atom is -0.497 e. The number of aromatic nitrogens is 2. The summed E-state index contributed by atoms with van der Waals surface area (Å²) < 4.78 is 6.83. The van der Waals surface area contributed by atoms with E-state index >= 15 is 0 Å². The number of alkyl halides is 1. The number of hydrogen-bond acceptors (Lipinski definition) is 4. The summed E-state index contributed by atoms with van der Waals surface area (Å²) in [5.74, 6) is 1.30. The summed E-state index contributed by atoms with van der Waals surface area (Å²) in [6, 6.07) is 14.0. The number of rotatable bonds is 7. The number of hydrogen-bond donors (Lipinski definition) is 0. The van der Waals surface area contributed by atoms with Gasteiger partial charge in [0.15, 0.2) is 0 Å². The Morgan fingerprint density at radius 3 is 2.42 bits per heavy atom. The van der Waals surface area contributed by atoms with Gasteiger partial charge in [-0.05, 0) is 64.1 Å². The van der Waals surface area contributed by atoms with E-state index in [1.165, 1.54) is 0 Å². The van der Waals surface area contributed by atoms with Gasteiger partial charge in [0, 0.05) is 12.4 Å². The number of halogens is 1. The Morgan fingerprint density at radius 2 is 1.84 bits per heavy atom. The lowest BCUT2D eigenvalue weighted by Crippen LogP contribution is -2.44. The quantitative estimate of drug-likeness (QED) is 0.504. The molecule has 0 aliphatic carbocycles. The first-order valence-corrected chi connectivity index (χ1v) is 10.8. The highest BCUT2D eigenvalue weighted by molar-refractivity contribution is 6.19. The van der Waals surface area contributed by atoms with Crippen molar-refractivity contribution >= 4 is 28.4 Å². The Labute approximate surface area is 187 Å². The van der Waals surface area contributed by atoms with E-state index in [1.807, 2.05) is 58.0 Å². The van der Waals surface area contributed by atoms with Crippen molar-refractivity contribution in [3.63, 3.8) is 0 Å². The average molecular weight is 442 g/mol. The molecule has 6 nitrogen and oxygen atoms in total. The van der Waals surface area contributed by atoms with Crippen molar-refractivity contribution < 1.29 is 9.53 Å². The second-order valence-corrected chi connectivity index (χ2v) is 8.38. The van der Waals surface area contributed by atoms with E-state index in [4.69, 9.17) is 21.3 Å². The van der Waals surface area contributed by atoms with Gasteiger partial charge in [-0.3, -0.25) is 14.2 Å². The molecule has 31 heavy (non-hydrogen) atoms. The summed E-state index contributed by atoms with van der Waals surface area (Å²) in [6.45, 7) is 7.91. The molecule has 3 rings (SSSR count). The molecule has 0 N–H and O–H groups in total. The highest BCUT2D eigenvalue weighted by atomic mass is 35.5. The van der Waals surface area contributed by atoms with Crippen LogP contribution in [0.15, 0.2) is 53.3 Å². The van der Waals surface area contributed by atoms with Gasteiger partial charge in [-0.25, -0.2) is 4.98 Å². The molecule has 0 radical (unpaired) electrons. The molecular weight excluding hydrogens is 414 g/mol. The predicted molar refractivity (Wildman–Crippen MR) is 124 cm³/mol. The number of fused-ring (bicyclic) bond motifs is 1. The predicted octanol–water partition coefficient (Wildman–Crippen LogP) is 4.57. The van der Waals surface area contributed by atoms with Crippen LogP contribution >= 0.6 is 11.6 Å². The van der Waals surface area contributed by atoms with Crippen molar-refractivity contribution in [2.45, 2.75) is 33.7 Å². The Bertz CT molecular complexity index is 1140. The van der Waals surface area contributed by atoms with E-state index in [0.29, 0.717) is 34.7 Å². The second-order valence-electron chi connectivity index (χ2n) is 8.11. The highest BCUT2D eigenvalue weighted by Gasteiger charge is 2.35. The van der Waals surface area contributed by atoms with Gasteiger partial charge < -0.3 is 9.64 Å². The van der Waals surface area contributed by atoms with E-state index < -0.39 is 11.5 Å². The molecule has 1 atom stereocenters. The van der Waals surface area contributed by atoms with Gasteiger partial charge in [0.1, 0.15) is 11.6 Å². The summed E-state index contributed by atoms with van der Waals surface area (Å²) in [5.41, 5.74) is 0.344. The van der Waals surface area contributed by atoms with Crippen LogP contribution < -0.4 is 10.3 Å². The zero-order valence-electron chi connectivity index (χ0n) is 18.6. The van der Waals surface area contributed by atoms with Crippen molar-refractivity contribution in [3.05, 3.63) is 64.7 Å². The topological polar surface area (TPSA) is 64.4 Å². The summed E-state index contributed by atoms with van der Waals surface area (Å²) in [7, 11) is 1.59. The maximum atomic E-state index is 13.5. The SMILES string of the molecule is CCN(C(=O)C(C)(C)CCl)C(C)c1nc2ccccc2c(=O)n1-c1ccc(OC)cc1. The fraction of sp³-hybridized carbons (Fsp3) is 0.375. The molecule has 0 aliphatic heterocycles. The molecule has 3 aromatic rings. The number of ether oxygens (including phenoxy) is 1. The number of carbonyl (C=O) groups is 1. The van der Waals surface area contributed by atoms with Crippen LogP contribution in [-0.4, -0.2) is 39.9 Å². The van der Waals surface area contributed by atoms with Crippen LogP contribution in [0.25, 0.3) is 16.6 Å². The molecule has 0 saturated carbocycles. The first-order chi connectivity index (χ1) is 14.7. The molecule has 0 spiro atoms. The third-order valence-corrected chi connectivity index (χ3v) is 6.16. The Balaban J connectivity index is 2.24. The largest absolute Gasteiger partial charge is 0.497 e. The van der Waals surface area contributed by atoms with Crippen LogP contribution in [0, 0.1) is 5.41 Å². The van der Waals surface area contributed by atoms with Crippen LogP contribution in [0.3, 0.4) is 0 Å². The fourth-order valence-electron chi connectivity index (χ4n) is 3.59. The Morgan fingerprint density at radius 1 is 1.19 bits per heavy atom. The van der Waals surface area contributed by atoms with E-state index in [9.17, 15) is 9.59 Å². The van der Waals surface area contributed by atoms with Crippen LogP contribution in [0.1, 0.15) is 39.6 Å². The maximum absolute atomic E-state index is 13.5. The zero-order chi connectivity index (χ0) is 22.8. The molecule has 2 aromatic carbocycles. The number of methoxy groups -OCH3 is 1. The summed E-state index contributed by atoms with van der Waals surface area (Å²) >= 11 is 6.07. The van der Waals surface area contributed by atoms with Crippen LogP contribution in [-0.2, 0) is 4.79 Å². The molecule has 0 aliphatic rings. The summed E-state index contributed by atoms with van der Waals surface area (Å²) in [6.07, 6.45) is 0. The molecule has 0 bridgehead atoms. The lowest BCUT2D eigenvalue weighted by atomic mass is 9.93. The number of amides is 1. The molecule has 1 unspecified atom stereocenters. The second kappa shape index (κ2) is 9.10. The molecule has 0 fully saturated rings. The minimum atomic E-state index is -0.728. The molecule has 1 heterocycles. The number of para-hydroxylation sites is 1. The van der Waals surface area contributed by atoms with Crippen molar-refractivity contribution in [1.82, 2.24) is 14.5 Å². The highest BCUT2D eigenvalue weighted by Crippen LogP contribution is 2.29. The van der Waals surface area contributed by atoms with Gasteiger partial charge in [0.05, 0.1) is 35.2 Å². The van der Waals surface area contributed by atoms with Crippen molar-refractivity contribution in [2.24, 2.45) is 5.41 Å². The van der Waals surface area contributed by atoms with E-state index in [0.717, 1.165) is 0 Å². The lowest BCUT2D eigenvalue weighted by Gasteiger charge is -2.35. The summed E-state index contributed by atoms with van der Waals surface area (Å²) in [4.78, 5) is 33.3. The Hall–Kier alpha value is -2.86. The van der Waals surface area contributed by atoms with E-state index in [-0.39, 0.29) is 17.3 Å². The van der Waals surface area contributed by atoms with Gasteiger partial charge in [-0.2, -0.15) is 0 Å². The molecule has 164 valence electrons. The number of benzene rings is 2. The fourth-order valence-corrected chi connectivity index (χ4v) is 3.70. The lowest BCUT2D eigenvalue weighted by molar-refractivity contribution is -0.141. The van der Waals surface area contributed by atoms with Crippen LogP contribution in [0.5, 0.6) is 5.75 Å². The van der Waals surface area contributed by atoms with Crippen LogP contribution in [0.2, 0.25) is 0 Å². The van der Waals surface area contributed by atoms with Gasteiger partial charge >= 0.3 is 0 Å². The Kier molecular flexibility index (Phi) is 6.70. The third kappa shape index (κ3) is 4.30. The normalized spacial score (nSPS) is 12.6. The van der Waals surface area contributed by atoms with Gasteiger partial charge in [-0.1, -0.05) is 12.1 Å². The molecule has 1 amide bonds. The first kappa shape index (κ1) is 22.8. The van der Waals surface area contributed by atoms with Crippen molar-refractivity contribution in [3.8, 4) is 11.4 Å². The van der Waals surface area contributed by atoms with Gasteiger partial charge in [0.2, 0.25) is 5.91 Å². The minimum absolute atomic E-state index is 0.0822. The third-order valence-electron chi connectivity index (χ3n) is 5.49. The number of nitrogens with zero attached hydrogens (tertiary/aromatic N) is 3.